The zero-order valence-corrected chi connectivity index (χ0v) is 13.4. The highest BCUT2D eigenvalue weighted by atomic mass is 32.2. The lowest BCUT2D eigenvalue weighted by Crippen LogP contribution is -2.48. The second-order valence-electron chi connectivity index (χ2n) is 5.66. The quantitative estimate of drug-likeness (QED) is 0.764. The molecule has 0 aliphatic carbocycles. The van der Waals surface area contributed by atoms with Crippen molar-refractivity contribution >= 4 is 15.9 Å². The van der Waals surface area contributed by atoms with Gasteiger partial charge in [0.15, 0.2) is 0 Å². The summed E-state index contributed by atoms with van der Waals surface area (Å²) in [4.78, 5) is 14.3. The van der Waals surface area contributed by atoms with Gasteiger partial charge in [0.05, 0.1) is 12.2 Å². The molecule has 1 heterocycles. The largest absolute Gasteiger partial charge is 0.396 e. The summed E-state index contributed by atoms with van der Waals surface area (Å²) in [5, 5.41) is 8.91. The van der Waals surface area contributed by atoms with Crippen molar-refractivity contribution in [3.05, 3.63) is 0 Å². The number of aliphatic hydroxyl groups excluding tert-OH is 1. The van der Waals surface area contributed by atoms with Gasteiger partial charge in [0.25, 0.3) is 0 Å². The Kier molecular flexibility index (Phi) is 6.42. The van der Waals surface area contributed by atoms with Crippen LogP contribution in [0.15, 0.2) is 0 Å². The molecule has 0 aromatic carbocycles. The predicted molar refractivity (Wildman–Crippen MR) is 77.7 cm³/mol. The minimum absolute atomic E-state index is 0.00167. The smallest absolute Gasteiger partial charge is 0.227 e. The Morgan fingerprint density at radius 3 is 2.60 bits per heavy atom. The van der Waals surface area contributed by atoms with Gasteiger partial charge in [-0.25, -0.2) is 12.7 Å². The van der Waals surface area contributed by atoms with Gasteiger partial charge < -0.3 is 10.0 Å². The maximum absolute atomic E-state index is 12.5. The molecule has 1 fully saturated rings. The molecular weight excluding hydrogens is 280 g/mol. The molecule has 0 spiro atoms. The molecule has 7 heteroatoms. The summed E-state index contributed by atoms with van der Waals surface area (Å²) in [6.07, 6.45) is 3.18. The maximum Gasteiger partial charge on any atom is 0.227 e. The molecule has 0 radical (unpaired) electrons. The van der Waals surface area contributed by atoms with Crippen LogP contribution in [-0.2, 0) is 14.8 Å². The van der Waals surface area contributed by atoms with Crippen LogP contribution in [0.4, 0.5) is 0 Å². The maximum atomic E-state index is 12.5. The van der Waals surface area contributed by atoms with E-state index in [9.17, 15) is 13.2 Å². The fourth-order valence-electron chi connectivity index (χ4n) is 2.54. The molecule has 0 bridgehead atoms. The lowest BCUT2D eigenvalue weighted by atomic mass is 9.97. The van der Waals surface area contributed by atoms with Gasteiger partial charge in [0, 0.05) is 32.3 Å². The molecule has 118 valence electrons. The van der Waals surface area contributed by atoms with E-state index in [1.54, 1.807) is 4.90 Å². The van der Waals surface area contributed by atoms with Crippen molar-refractivity contribution in [2.24, 2.45) is 5.92 Å². The fourth-order valence-corrected chi connectivity index (χ4v) is 3.46. The Balaban J connectivity index is 2.73. The lowest BCUT2D eigenvalue weighted by molar-refractivity contribution is -0.138. The van der Waals surface area contributed by atoms with Gasteiger partial charge in [-0.1, -0.05) is 0 Å². The molecule has 1 rings (SSSR count). The Hall–Kier alpha value is -0.660. The van der Waals surface area contributed by atoms with E-state index in [1.165, 1.54) is 10.6 Å². The Morgan fingerprint density at radius 1 is 1.45 bits per heavy atom. The van der Waals surface area contributed by atoms with Gasteiger partial charge in [-0.05, 0) is 33.1 Å². The zero-order valence-electron chi connectivity index (χ0n) is 12.6. The van der Waals surface area contributed by atoms with Crippen molar-refractivity contribution in [2.75, 3.05) is 32.5 Å². The first-order valence-corrected chi connectivity index (χ1v) is 8.98. The average molecular weight is 306 g/mol. The Bertz CT molecular complexity index is 422. The van der Waals surface area contributed by atoms with Crippen molar-refractivity contribution < 1.29 is 18.3 Å². The monoisotopic (exact) mass is 306 g/mol. The van der Waals surface area contributed by atoms with Crippen molar-refractivity contribution in [1.82, 2.24) is 9.21 Å². The number of amides is 1. The van der Waals surface area contributed by atoms with E-state index in [4.69, 9.17) is 5.11 Å². The average Bonchev–Trinajstić information content (AvgIpc) is 2.37. The number of nitrogens with zero attached hydrogens (tertiary/aromatic N) is 2. The van der Waals surface area contributed by atoms with Crippen molar-refractivity contribution in [1.29, 1.82) is 0 Å². The summed E-state index contributed by atoms with van der Waals surface area (Å²) in [6.45, 7) is 5.22. The van der Waals surface area contributed by atoms with Crippen LogP contribution in [0.25, 0.3) is 0 Å². The van der Waals surface area contributed by atoms with E-state index in [2.05, 4.69) is 0 Å². The summed E-state index contributed by atoms with van der Waals surface area (Å²) in [7, 11) is -3.23. The third-order valence-electron chi connectivity index (χ3n) is 3.67. The lowest BCUT2D eigenvalue weighted by Gasteiger charge is -2.35. The van der Waals surface area contributed by atoms with Gasteiger partial charge >= 0.3 is 0 Å². The summed E-state index contributed by atoms with van der Waals surface area (Å²) in [5.74, 6) is -0.263. The van der Waals surface area contributed by atoms with Crippen LogP contribution in [0.5, 0.6) is 0 Å². The third kappa shape index (κ3) is 4.71. The molecule has 6 nitrogen and oxygen atoms in total. The molecule has 1 atom stereocenters. The summed E-state index contributed by atoms with van der Waals surface area (Å²) in [6, 6.07) is 0.0580. The molecule has 0 saturated carbocycles. The van der Waals surface area contributed by atoms with E-state index in [-0.39, 0.29) is 31.0 Å². The predicted octanol–water partition coefficient (Wildman–Crippen LogP) is 0.277. The van der Waals surface area contributed by atoms with E-state index in [0.29, 0.717) is 19.5 Å². The second kappa shape index (κ2) is 7.38. The number of aliphatic hydroxyl groups is 1. The number of rotatable bonds is 6. The number of carbonyl (C=O) groups excluding carboxylic acids is 1. The highest BCUT2D eigenvalue weighted by Crippen LogP contribution is 2.21. The van der Waals surface area contributed by atoms with E-state index in [0.717, 1.165) is 12.8 Å². The number of hydrogen-bond acceptors (Lipinski definition) is 4. The second-order valence-corrected chi connectivity index (χ2v) is 7.65. The van der Waals surface area contributed by atoms with Gasteiger partial charge in [0.1, 0.15) is 0 Å². The van der Waals surface area contributed by atoms with Gasteiger partial charge in [-0.15, -0.1) is 0 Å². The van der Waals surface area contributed by atoms with Crippen LogP contribution in [0.3, 0.4) is 0 Å². The van der Waals surface area contributed by atoms with Crippen molar-refractivity contribution in [2.45, 2.75) is 39.2 Å². The molecule has 1 aliphatic heterocycles. The first-order valence-electron chi connectivity index (χ1n) is 7.13. The highest BCUT2D eigenvalue weighted by molar-refractivity contribution is 7.88. The standard InChI is InChI=1S/C13H26N2O4S/c1-11(2)15(8-5-9-16)13(17)12-6-4-7-14(10-12)20(3,18)19/h11-12,16H,4-10H2,1-3H3. The van der Waals surface area contributed by atoms with Crippen LogP contribution in [0, 0.1) is 5.92 Å². The first-order chi connectivity index (χ1) is 9.27. The van der Waals surface area contributed by atoms with E-state index >= 15 is 0 Å². The molecule has 1 unspecified atom stereocenters. The normalized spacial score (nSPS) is 21.1. The SMILES string of the molecule is CC(C)N(CCCO)C(=O)C1CCCN(S(C)(=O)=O)C1. The topological polar surface area (TPSA) is 77.9 Å². The number of sulfonamides is 1. The van der Waals surface area contributed by atoms with Crippen molar-refractivity contribution in [3.8, 4) is 0 Å². The minimum Gasteiger partial charge on any atom is -0.396 e. The van der Waals surface area contributed by atoms with Gasteiger partial charge in [0.2, 0.25) is 15.9 Å². The van der Waals surface area contributed by atoms with Gasteiger partial charge in [-0.2, -0.15) is 0 Å². The summed E-state index contributed by atoms with van der Waals surface area (Å²) >= 11 is 0. The third-order valence-corrected chi connectivity index (χ3v) is 4.94. The summed E-state index contributed by atoms with van der Waals surface area (Å²) < 4.78 is 24.6. The number of carbonyl (C=O) groups is 1. The van der Waals surface area contributed by atoms with Crippen LogP contribution in [0.1, 0.15) is 33.1 Å². The summed E-state index contributed by atoms with van der Waals surface area (Å²) in [5.41, 5.74) is 0. The molecule has 1 saturated heterocycles. The van der Waals surface area contributed by atoms with Crippen LogP contribution in [-0.4, -0.2) is 67.2 Å². The molecule has 0 aromatic rings. The number of piperidine rings is 1. The zero-order chi connectivity index (χ0) is 15.3. The van der Waals surface area contributed by atoms with E-state index in [1.807, 2.05) is 13.8 Å². The van der Waals surface area contributed by atoms with Gasteiger partial charge in [-0.3, -0.25) is 4.79 Å². The Labute approximate surface area is 121 Å². The number of hydrogen-bond donors (Lipinski definition) is 1. The van der Waals surface area contributed by atoms with Crippen LogP contribution in [0.2, 0.25) is 0 Å². The first kappa shape index (κ1) is 17.4. The Morgan fingerprint density at radius 2 is 2.10 bits per heavy atom. The van der Waals surface area contributed by atoms with Crippen LogP contribution < -0.4 is 0 Å². The van der Waals surface area contributed by atoms with E-state index < -0.39 is 10.0 Å². The molecule has 1 aliphatic rings. The molecular formula is C13H26N2O4S. The van der Waals surface area contributed by atoms with Crippen molar-refractivity contribution in [3.63, 3.8) is 0 Å². The molecule has 20 heavy (non-hydrogen) atoms. The molecule has 0 aromatic heterocycles. The molecule has 1 N–H and O–H groups in total. The minimum atomic E-state index is -3.23. The van der Waals surface area contributed by atoms with Crippen LogP contribution >= 0.6 is 0 Å². The highest BCUT2D eigenvalue weighted by Gasteiger charge is 2.33. The fraction of sp³-hybridized carbons (Fsp3) is 0.923. The molecule has 1 amide bonds.